The van der Waals surface area contributed by atoms with E-state index in [9.17, 15) is 0 Å². The van der Waals surface area contributed by atoms with Crippen LogP contribution < -0.4 is 5.32 Å². The summed E-state index contributed by atoms with van der Waals surface area (Å²) < 4.78 is 0. The highest BCUT2D eigenvalue weighted by molar-refractivity contribution is 7.10. The second-order valence-electron chi connectivity index (χ2n) is 3.79. The summed E-state index contributed by atoms with van der Waals surface area (Å²) in [7, 11) is 0. The lowest BCUT2D eigenvalue weighted by atomic mass is 10.3. The first-order valence-electron chi connectivity index (χ1n) is 5.12. The maximum Gasteiger partial charge on any atom is 0.107 e. The first-order chi connectivity index (χ1) is 7.42. The number of nitrogens with zero attached hydrogens (tertiary/aromatic N) is 1. The molecule has 1 saturated carbocycles. The molecule has 0 atom stereocenters. The Morgan fingerprint density at radius 1 is 1.40 bits per heavy atom. The van der Waals surface area contributed by atoms with Crippen molar-refractivity contribution < 1.29 is 0 Å². The van der Waals surface area contributed by atoms with E-state index in [0.29, 0.717) is 0 Å². The number of hydrogen-bond donors (Lipinski definition) is 1. The molecule has 0 spiro atoms. The second-order valence-corrected chi connectivity index (χ2v) is 5.52. The van der Waals surface area contributed by atoms with Gasteiger partial charge in [-0.2, -0.15) is 11.3 Å². The van der Waals surface area contributed by atoms with Gasteiger partial charge >= 0.3 is 0 Å². The number of thiazole rings is 1. The van der Waals surface area contributed by atoms with Gasteiger partial charge in [0.2, 0.25) is 0 Å². The third-order valence-corrected chi connectivity index (χ3v) is 4.02. The van der Waals surface area contributed by atoms with Gasteiger partial charge < -0.3 is 5.32 Å². The van der Waals surface area contributed by atoms with Gasteiger partial charge in [0, 0.05) is 28.9 Å². The zero-order chi connectivity index (χ0) is 10.1. The molecule has 0 unspecified atom stereocenters. The Bertz CT molecular complexity index is 429. The van der Waals surface area contributed by atoms with Crippen LogP contribution in [0.3, 0.4) is 0 Å². The van der Waals surface area contributed by atoms with Crippen molar-refractivity contribution in [3.8, 4) is 11.3 Å². The van der Waals surface area contributed by atoms with Crippen molar-refractivity contribution in [3.05, 3.63) is 27.2 Å². The van der Waals surface area contributed by atoms with Gasteiger partial charge in [-0.3, -0.25) is 0 Å². The number of aromatic nitrogens is 1. The number of thiophene rings is 1. The van der Waals surface area contributed by atoms with Crippen molar-refractivity contribution in [2.45, 2.75) is 25.4 Å². The molecule has 0 saturated heterocycles. The van der Waals surface area contributed by atoms with Crippen LogP contribution in [-0.2, 0) is 6.54 Å². The van der Waals surface area contributed by atoms with E-state index in [4.69, 9.17) is 0 Å². The second kappa shape index (κ2) is 4.04. The molecule has 0 amide bonds. The van der Waals surface area contributed by atoms with E-state index in [1.54, 1.807) is 22.7 Å². The van der Waals surface area contributed by atoms with Gasteiger partial charge in [0.15, 0.2) is 0 Å². The van der Waals surface area contributed by atoms with E-state index in [0.717, 1.165) is 18.3 Å². The summed E-state index contributed by atoms with van der Waals surface area (Å²) in [6, 6.07) is 2.89. The van der Waals surface area contributed by atoms with E-state index in [-0.39, 0.29) is 0 Å². The van der Waals surface area contributed by atoms with Gasteiger partial charge in [0.1, 0.15) is 5.01 Å². The number of rotatable bonds is 4. The molecule has 0 aromatic carbocycles. The van der Waals surface area contributed by atoms with Gasteiger partial charge in [-0.05, 0) is 24.3 Å². The van der Waals surface area contributed by atoms with Crippen LogP contribution in [0.2, 0.25) is 0 Å². The summed E-state index contributed by atoms with van der Waals surface area (Å²) in [6.07, 6.45) is 2.67. The van der Waals surface area contributed by atoms with Crippen LogP contribution in [0.15, 0.2) is 22.2 Å². The molecule has 2 aromatic rings. The highest BCUT2D eigenvalue weighted by Gasteiger charge is 2.20. The van der Waals surface area contributed by atoms with E-state index in [1.807, 2.05) is 0 Å². The summed E-state index contributed by atoms with van der Waals surface area (Å²) in [6.45, 7) is 0.930. The molecular weight excluding hydrogens is 224 g/mol. The summed E-state index contributed by atoms with van der Waals surface area (Å²) in [5.74, 6) is 0. The molecule has 15 heavy (non-hydrogen) atoms. The first-order valence-corrected chi connectivity index (χ1v) is 6.94. The topological polar surface area (TPSA) is 24.9 Å². The third-order valence-electron chi connectivity index (χ3n) is 2.49. The largest absolute Gasteiger partial charge is 0.308 e. The smallest absolute Gasteiger partial charge is 0.107 e. The molecule has 2 aromatic heterocycles. The summed E-state index contributed by atoms with van der Waals surface area (Å²) in [5.41, 5.74) is 2.36. The minimum absolute atomic E-state index is 0.762. The molecule has 0 bridgehead atoms. The minimum Gasteiger partial charge on any atom is -0.308 e. The predicted octanol–water partition coefficient (Wildman–Crippen LogP) is 3.12. The van der Waals surface area contributed by atoms with Crippen LogP contribution in [0, 0.1) is 0 Å². The highest BCUT2D eigenvalue weighted by Crippen LogP contribution is 2.25. The van der Waals surface area contributed by atoms with Gasteiger partial charge in [-0.1, -0.05) is 0 Å². The van der Waals surface area contributed by atoms with Crippen molar-refractivity contribution in [1.29, 1.82) is 0 Å². The Morgan fingerprint density at radius 2 is 2.33 bits per heavy atom. The van der Waals surface area contributed by atoms with Crippen molar-refractivity contribution in [2.24, 2.45) is 0 Å². The third kappa shape index (κ3) is 2.27. The van der Waals surface area contributed by atoms with E-state index in [2.05, 4.69) is 32.5 Å². The van der Waals surface area contributed by atoms with Crippen molar-refractivity contribution in [2.75, 3.05) is 0 Å². The predicted molar refractivity (Wildman–Crippen MR) is 65.3 cm³/mol. The molecule has 78 valence electrons. The average Bonchev–Trinajstić information content (AvgIpc) is 2.78. The lowest BCUT2D eigenvalue weighted by Crippen LogP contribution is -2.14. The normalized spacial score (nSPS) is 15.7. The summed E-state index contributed by atoms with van der Waals surface area (Å²) in [4.78, 5) is 4.62. The maximum absolute atomic E-state index is 4.62. The van der Waals surface area contributed by atoms with Crippen LogP contribution in [0.5, 0.6) is 0 Å². The molecule has 1 aliphatic carbocycles. The van der Waals surface area contributed by atoms with E-state index in [1.165, 1.54) is 23.4 Å². The molecular formula is C11H12N2S2. The molecule has 0 aliphatic heterocycles. The highest BCUT2D eigenvalue weighted by atomic mass is 32.1. The minimum atomic E-state index is 0.762. The zero-order valence-electron chi connectivity index (χ0n) is 8.27. The Morgan fingerprint density at radius 3 is 3.07 bits per heavy atom. The number of hydrogen-bond acceptors (Lipinski definition) is 4. The molecule has 4 heteroatoms. The van der Waals surface area contributed by atoms with Crippen LogP contribution in [0.25, 0.3) is 11.3 Å². The van der Waals surface area contributed by atoms with E-state index < -0.39 is 0 Å². The fourth-order valence-electron chi connectivity index (χ4n) is 1.45. The van der Waals surface area contributed by atoms with Gasteiger partial charge in [-0.25, -0.2) is 4.98 Å². The SMILES string of the molecule is c1cc(-c2csc(CNC3CC3)n2)cs1. The molecule has 2 nitrogen and oxygen atoms in total. The summed E-state index contributed by atoms with van der Waals surface area (Å²) >= 11 is 3.47. The van der Waals surface area contributed by atoms with Gasteiger partial charge in [0.25, 0.3) is 0 Å². The van der Waals surface area contributed by atoms with Gasteiger partial charge in [0.05, 0.1) is 5.69 Å². The lowest BCUT2D eigenvalue weighted by Gasteiger charge is -1.96. The molecule has 3 rings (SSSR count). The van der Waals surface area contributed by atoms with E-state index >= 15 is 0 Å². The Balaban J connectivity index is 1.69. The van der Waals surface area contributed by atoms with Crippen LogP contribution in [-0.4, -0.2) is 11.0 Å². The van der Waals surface area contributed by atoms with Crippen LogP contribution in [0.4, 0.5) is 0 Å². The fourth-order valence-corrected chi connectivity index (χ4v) is 2.86. The molecule has 1 aliphatic rings. The quantitative estimate of drug-likeness (QED) is 0.882. The Kier molecular flexibility index (Phi) is 2.56. The molecule has 2 heterocycles. The van der Waals surface area contributed by atoms with Crippen molar-refractivity contribution in [1.82, 2.24) is 10.3 Å². The fraction of sp³-hybridized carbons (Fsp3) is 0.364. The van der Waals surface area contributed by atoms with Crippen molar-refractivity contribution >= 4 is 22.7 Å². The van der Waals surface area contributed by atoms with Crippen LogP contribution >= 0.6 is 22.7 Å². The van der Waals surface area contributed by atoms with Gasteiger partial charge in [-0.15, -0.1) is 11.3 Å². The zero-order valence-corrected chi connectivity index (χ0v) is 9.90. The molecule has 0 radical (unpaired) electrons. The Labute approximate surface area is 97.0 Å². The standard InChI is InChI=1S/C11H12N2S2/c1-2-9(1)12-5-11-13-10(7-15-11)8-3-4-14-6-8/h3-4,6-7,9,12H,1-2,5H2. The average molecular weight is 236 g/mol. The molecule has 1 N–H and O–H groups in total. The first kappa shape index (κ1) is 9.51. The van der Waals surface area contributed by atoms with Crippen molar-refractivity contribution in [3.63, 3.8) is 0 Å². The Hall–Kier alpha value is -0.710. The number of nitrogens with one attached hydrogen (secondary N) is 1. The summed E-state index contributed by atoms with van der Waals surface area (Å²) in [5, 5.41) is 11.1. The molecule has 1 fully saturated rings. The maximum atomic E-state index is 4.62. The van der Waals surface area contributed by atoms with Crippen LogP contribution in [0.1, 0.15) is 17.8 Å². The monoisotopic (exact) mass is 236 g/mol. The lowest BCUT2D eigenvalue weighted by molar-refractivity contribution is 0.685.